The molecule has 0 aromatic carbocycles. The average Bonchev–Trinajstić information content (AvgIpc) is 2.36. The second-order valence-corrected chi connectivity index (χ2v) is 5.39. The summed E-state index contributed by atoms with van der Waals surface area (Å²) in [5.74, 6) is 0.905. The van der Waals surface area contributed by atoms with E-state index in [0.29, 0.717) is 16.9 Å². The van der Waals surface area contributed by atoms with E-state index in [1.807, 2.05) is 0 Å². The van der Waals surface area contributed by atoms with Crippen LogP contribution in [0.2, 0.25) is 0 Å². The molecule has 2 bridgehead atoms. The summed E-state index contributed by atoms with van der Waals surface area (Å²) in [5, 5.41) is 0. The zero-order valence-corrected chi connectivity index (χ0v) is 7.85. The molecule has 2 unspecified atom stereocenters. The van der Waals surface area contributed by atoms with Crippen LogP contribution in [0, 0.1) is 16.7 Å². The third kappa shape index (κ3) is 0.752. The second kappa shape index (κ2) is 1.82. The van der Waals surface area contributed by atoms with Crippen molar-refractivity contribution in [3.05, 3.63) is 0 Å². The summed E-state index contributed by atoms with van der Waals surface area (Å²) in [6.45, 7) is 7.05. The maximum absolute atomic E-state index is 6.23. The molecule has 0 amide bonds. The van der Waals surface area contributed by atoms with Crippen LogP contribution in [0.5, 0.6) is 0 Å². The van der Waals surface area contributed by atoms with Gasteiger partial charge < -0.3 is 5.73 Å². The van der Waals surface area contributed by atoms with Crippen LogP contribution in [0.4, 0.5) is 0 Å². The van der Waals surface area contributed by atoms with E-state index in [-0.39, 0.29) is 0 Å². The summed E-state index contributed by atoms with van der Waals surface area (Å²) in [4.78, 5) is 0. The molecule has 2 aliphatic rings. The highest BCUT2D eigenvalue weighted by molar-refractivity contribution is 5.10. The Kier molecular flexibility index (Phi) is 1.26. The molecular weight excluding hydrogens is 134 g/mol. The standard InChI is InChI=1S/C10H19N/c1-9(2)7-4-5-10(3,6-7)8(9)11/h7-8H,4-6,11H2,1-3H3/t7?,8-,10?/m1/s1. The highest BCUT2D eigenvalue weighted by Gasteiger charge is 2.57. The van der Waals surface area contributed by atoms with Gasteiger partial charge in [-0.05, 0) is 36.0 Å². The molecule has 0 saturated heterocycles. The Morgan fingerprint density at radius 2 is 1.91 bits per heavy atom. The first-order valence-electron chi connectivity index (χ1n) is 4.72. The molecule has 0 aliphatic heterocycles. The zero-order valence-electron chi connectivity index (χ0n) is 7.85. The van der Waals surface area contributed by atoms with E-state index in [1.165, 1.54) is 19.3 Å². The van der Waals surface area contributed by atoms with Gasteiger partial charge in [0.15, 0.2) is 0 Å². The first kappa shape index (κ1) is 7.60. The van der Waals surface area contributed by atoms with Gasteiger partial charge in [0, 0.05) is 6.04 Å². The third-order valence-corrected chi connectivity index (χ3v) is 4.38. The first-order chi connectivity index (χ1) is 4.97. The van der Waals surface area contributed by atoms with Crippen molar-refractivity contribution in [1.29, 1.82) is 0 Å². The quantitative estimate of drug-likeness (QED) is 0.567. The second-order valence-electron chi connectivity index (χ2n) is 5.39. The summed E-state index contributed by atoms with van der Waals surface area (Å²) < 4.78 is 0. The van der Waals surface area contributed by atoms with Gasteiger partial charge in [0.25, 0.3) is 0 Å². The van der Waals surface area contributed by atoms with E-state index in [0.717, 1.165) is 5.92 Å². The Labute approximate surface area is 69.4 Å². The lowest BCUT2D eigenvalue weighted by molar-refractivity contribution is 0.141. The predicted molar refractivity (Wildman–Crippen MR) is 47.2 cm³/mol. The van der Waals surface area contributed by atoms with E-state index < -0.39 is 0 Å². The van der Waals surface area contributed by atoms with Crippen LogP contribution < -0.4 is 5.73 Å². The van der Waals surface area contributed by atoms with Crippen LogP contribution in [0.1, 0.15) is 40.0 Å². The Bertz CT molecular complexity index is 181. The van der Waals surface area contributed by atoms with Crippen molar-refractivity contribution in [3.63, 3.8) is 0 Å². The van der Waals surface area contributed by atoms with Crippen LogP contribution in [0.15, 0.2) is 0 Å². The lowest BCUT2D eigenvalue weighted by Crippen LogP contribution is -2.46. The predicted octanol–water partition coefficient (Wildman–Crippen LogP) is 2.16. The molecule has 0 aromatic rings. The van der Waals surface area contributed by atoms with Gasteiger partial charge in [-0.2, -0.15) is 0 Å². The van der Waals surface area contributed by atoms with Crippen molar-refractivity contribution >= 4 is 0 Å². The molecule has 2 rings (SSSR count). The fourth-order valence-corrected chi connectivity index (χ4v) is 3.34. The molecule has 2 aliphatic carbocycles. The van der Waals surface area contributed by atoms with Crippen LogP contribution in [-0.2, 0) is 0 Å². The van der Waals surface area contributed by atoms with E-state index >= 15 is 0 Å². The molecule has 2 N–H and O–H groups in total. The van der Waals surface area contributed by atoms with Crippen molar-refractivity contribution in [2.75, 3.05) is 0 Å². The summed E-state index contributed by atoms with van der Waals surface area (Å²) >= 11 is 0. The Hall–Kier alpha value is -0.0400. The van der Waals surface area contributed by atoms with Crippen molar-refractivity contribution in [2.24, 2.45) is 22.5 Å². The Morgan fingerprint density at radius 3 is 2.18 bits per heavy atom. The topological polar surface area (TPSA) is 26.0 Å². The monoisotopic (exact) mass is 153 g/mol. The summed E-state index contributed by atoms with van der Waals surface area (Å²) in [7, 11) is 0. The Morgan fingerprint density at radius 1 is 1.27 bits per heavy atom. The first-order valence-corrected chi connectivity index (χ1v) is 4.72. The molecule has 11 heavy (non-hydrogen) atoms. The molecule has 0 spiro atoms. The minimum atomic E-state index is 0.410. The van der Waals surface area contributed by atoms with Gasteiger partial charge in [0.2, 0.25) is 0 Å². The zero-order chi connectivity index (χ0) is 8.28. The maximum Gasteiger partial charge on any atom is 0.0147 e. The van der Waals surface area contributed by atoms with Gasteiger partial charge >= 0.3 is 0 Å². The molecule has 64 valence electrons. The summed E-state index contributed by atoms with van der Waals surface area (Å²) in [6, 6.07) is 0.439. The van der Waals surface area contributed by atoms with Gasteiger partial charge in [0.05, 0.1) is 0 Å². The fraction of sp³-hybridized carbons (Fsp3) is 1.00. The number of rotatable bonds is 0. The number of fused-ring (bicyclic) bond motifs is 2. The number of hydrogen-bond donors (Lipinski definition) is 1. The molecule has 3 atom stereocenters. The van der Waals surface area contributed by atoms with Gasteiger partial charge in [-0.25, -0.2) is 0 Å². The highest BCUT2D eigenvalue weighted by Crippen LogP contribution is 2.61. The molecule has 1 nitrogen and oxygen atoms in total. The van der Waals surface area contributed by atoms with Crippen LogP contribution in [-0.4, -0.2) is 6.04 Å². The average molecular weight is 153 g/mol. The summed E-state index contributed by atoms with van der Waals surface area (Å²) in [6.07, 6.45) is 4.15. The van der Waals surface area contributed by atoms with Crippen molar-refractivity contribution in [1.82, 2.24) is 0 Å². The normalized spacial score (nSPS) is 53.5. The van der Waals surface area contributed by atoms with Gasteiger partial charge in [0.1, 0.15) is 0 Å². The molecule has 1 heteroatoms. The molecular formula is C10H19N. The summed E-state index contributed by atoms with van der Waals surface area (Å²) in [5.41, 5.74) is 7.12. The van der Waals surface area contributed by atoms with E-state index in [2.05, 4.69) is 20.8 Å². The molecule has 0 aromatic heterocycles. The minimum Gasteiger partial charge on any atom is -0.327 e. The van der Waals surface area contributed by atoms with E-state index in [1.54, 1.807) is 0 Å². The maximum atomic E-state index is 6.23. The van der Waals surface area contributed by atoms with Crippen LogP contribution in [0.3, 0.4) is 0 Å². The minimum absolute atomic E-state index is 0.410. The van der Waals surface area contributed by atoms with Crippen LogP contribution >= 0.6 is 0 Å². The number of nitrogens with two attached hydrogens (primary N) is 1. The van der Waals surface area contributed by atoms with Crippen LogP contribution in [0.25, 0.3) is 0 Å². The van der Waals surface area contributed by atoms with E-state index in [4.69, 9.17) is 5.73 Å². The third-order valence-electron chi connectivity index (χ3n) is 4.38. The van der Waals surface area contributed by atoms with Crippen molar-refractivity contribution in [3.8, 4) is 0 Å². The van der Waals surface area contributed by atoms with Gasteiger partial charge in [-0.1, -0.05) is 20.8 Å². The fourth-order valence-electron chi connectivity index (χ4n) is 3.34. The lowest BCUT2D eigenvalue weighted by atomic mass is 9.69. The molecule has 2 saturated carbocycles. The highest BCUT2D eigenvalue weighted by atomic mass is 14.8. The molecule has 0 radical (unpaired) electrons. The number of hydrogen-bond acceptors (Lipinski definition) is 1. The van der Waals surface area contributed by atoms with Gasteiger partial charge in [-0.3, -0.25) is 0 Å². The lowest BCUT2D eigenvalue weighted by Gasteiger charge is -2.40. The largest absolute Gasteiger partial charge is 0.327 e. The Balaban J connectivity index is 2.34. The molecule has 0 heterocycles. The van der Waals surface area contributed by atoms with Crippen molar-refractivity contribution in [2.45, 2.75) is 46.1 Å². The smallest absolute Gasteiger partial charge is 0.0147 e. The van der Waals surface area contributed by atoms with Crippen molar-refractivity contribution < 1.29 is 0 Å². The van der Waals surface area contributed by atoms with E-state index in [9.17, 15) is 0 Å². The SMILES string of the molecule is CC12CCC(C1)C(C)(C)[C@H]2N. The van der Waals surface area contributed by atoms with Gasteiger partial charge in [-0.15, -0.1) is 0 Å². The molecule has 2 fully saturated rings.